The summed E-state index contributed by atoms with van der Waals surface area (Å²) in [5.74, 6) is -1.30. The molecule has 0 aromatic heterocycles. The second-order valence-corrected chi connectivity index (χ2v) is 1.40. The molecule has 6 nitrogen and oxygen atoms in total. The van der Waals surface area contributed by atoms with Gasteiger partial charge in [0.2, 0.25) is 5.84 Å². The molecule has 62 valence electrons. The van der Waals surface area contributed by atoms with Crippen LogP contribution in [0.3, 0.4) is 0 Å². The monoisotopic (exact) mass is 160 g/mol. The molecule has 6 heteroatoms. The van der Waals surface area contributed by atoms with Crippen molar-refractivity contribution in [3.63, 3.8) is 0 Å². The Morgan fingerprint density at radius 2 is 2.36 bits per heavy atom. The van der Waals surface area contributed by atoms with Gasteiger partial charge in [-0.25, -0.2) is 4.79 Å². The normalized spacial score (nSPS) is 10.5. The lowest BCUT2D eigenvalue weighted by Gasteiger charge is -1.97. The molecule has 0 amide bonds. The van der Waals surface area contributed by atoms with Gasteiger partial charge in [-0.3, -0.25) is 4.79 Å². The quantitative estimate of drug-likeness (QED) is 0.143. The molecule has 2 N–H and O–H groups in total. The van der Waals surface area contributed by atoms with Crippen molar-refractivity contribution in [2.45, 2.75) is 6.92 Å². The third kappa shape index (κ3) is 3.90. The molecule has 0 rings (SSSR count). The number of nitrogens with two attached hydrogens (primary N) is 1. The van der Waals surface area contributed by atoms with Gasteiger partial charge in [0.1, 0.15) is 0 Å². The summed E-state index contributed by atoms with van der Waals surface area (Å²) in [6.45, 7) is 1.86. The Kier molecular flexibility index (Phi) is 4.46. The van der Waals surface area contributed by atoms with Gasteiger partial charge in [0.15, 0.2) is 0 Å². The number of amidine groups is 1. The van der Waals surface area contributed by atoms with Gasteiger partial charge >= 0.3 is 12.4 Å². The van der Waals surface area contributed by atoms with Gasteiger partial charge in [0.05, 0.1) is 6.61 Å². The number of carbonyl (C=O) groups is 2. The molecular formula is C5H8N2O4. The maximum Gasteiger partial charge on any atom is 0.377 e. The van der Waals surface area contributed by atoms with Crippen LogP contribution in [0.1, 0.15) is 6.92 Å². The van der Waals surface area contributed by atoms with Crippen molar-refractivity contribution in [3.05, 3.63) is 0 Å². The highest BCUT2D eigenvalue weighted by atomic mass is 16.7. The van der Waals surface area contributed by atoms with Crippen LogP contribution >= 0.6 is 0 Å². The standard InChI is InChI=1S/C5H8N2O4/c1-2-10-5(9)4(6)7-11-3-8/h3H,2H2,1H3,(H2,6,7). The van der Waals surface area contributed by atoms with E-state index in [4.69, 9.17) is 5.73 Å². The zero-order chi connectivity index (χ0) is 8.69. The van der Waals surface area contributed by atoms with Crippen LogP contribution in [0.15, 0.2) is 5.16 Å². The van der Waals surface area contributed by atoms with Crippen molar-refractivity contribution in [1.82, 2.24) is 0 Å². The lowest BCUT2D eigenvalue weighted by atomic mass is 10.6. The highest BCUT2D eigenvalue weighted by Gasteiger charge is 2.07. The fourth-order valence-corrected chi connectivity index (χ4v) is 0.321. The van der Waals surface area contributed by atoms with Gasteiger partial charge in [-0.05, 0) is 6.92 Å². The van der Waals surface area contributed by atoms with Crippen LogP contribution in [0.5, 0.6) is 0 Å². The summed E-state index contributed by atoms with van der Waals surface area (Å²) >= 11 is 0. The average molecular weight is 160 g/mol. The number of nitrogens with zero attached hydrogens (tertiary/aromatic N) is 1. The highest BCUT2D eigenvalue weighted by molar-refractivity contribution is 6.34. The number of hydrogen-bond donors (Lipinski definition) is 1. The number of esters is 1. The number of rotatable bonds is 3. The Labute approximate surface area is 62.9 Å². The predicted octanol–water partition coefficient (Wildman–Crippen LogP) is -1.01. The van der Waals surface area contributed by atoms with Crippen LogP contribution in [-0.2, 0) is 19.2 Å². The fraction of sp³-hybridized carbons (Fsp3) is 0.400. The molecule has 0 aliphatic rings. The van der Waals surface area contributed by atoms with Crippen molar-refractivity contribution in [2.24, 2.45) is 10.9 Å². The maximum absolute atomic E-state index is 10.6. The summed E-state index contributed by atoms with van der Waals surface area (Å²) in [4.78, 5) is 24.0. The highest BCUT2D eigenvalue weighted by Crippen LogP contribution is 1.79. The molecule has 0 bridgehead atoms. The molecule has 0 atom stereocenters. The van der Waals surface area contributed by atoms with E-state index < -0.39 is 11.8 Å². The van der Waals surface area contributed by atoms with Gasteiger partial charge in [0.25, 0.3) is 0 Å². The minimum atomic E-state index is -0.811. The smallest absolute Gasteiger partial charge is 0.377 e. The zero-order valence-corrected chi connectivity index (χ0v) is 5.94. The summed E-state index contributed by atoms with van der Waals surface area (Å²) in [6, 6.07) is 0. The summed E-state index contributed by atoms with van der Waals surface area (Å²) in [5, 5.41) is 2.91. The molecule has 0 radical (unpaired) electrons. The Hall–Kier alpha value is -1.59. The molecule has 0 saturated heterocycles. The third-order valence-corrected chi connectivity index (χ3v) is 0.679. The first-order chi connectivity index (χ1) is 5.22. The molecule has 11 heavy (non-hydrogen) atoms. The maximum atomic E-state index is 10.6. The lowest BCUT2D eigenvalue weighted by Crippen LogP contribution is -2.26. The van der Waals surface area contributed by atoms with E-state index in [-0.39, 0.29) is 13.1 Å². The third-order valence-electron chi connectivity index (χ3n) is 0.679. The summed E-state index contributed by atoms with van der Waals surface area (Å²) < 4.78 is 4.41. The summed E-state index contributed by atoms with van der Waals surface area (Å²) in [6.07, 6.45) is 0. The molecule has 0 aromatic carbocycles. The number of ether oxygens (including phenoxy) is 1. The van der Waals surface area contributed by atoms with E-state index >= 15 is 0 Å². The predicted molar refractivity (Wildman–Crippen MR) is 35.4 cm³/mol. The van der Waals surface area contributed by atoms with Gasteiger partial charge in [-0.15, -0.1) is 0 Å². The van der Waals surface area contributed by atoms with E-state index in [0.29, 0.717) is 0 Å². The number of oxime groups is 1. The molecule has 0 aromatic rings. The van der Waals surface area contributed by atoms with Crippen LogP contribution in [0.2, 0.25) is 0 Å². The van der Waals surface area contributed by atoms with Gasteiger partial charge in [-0.2, -0.15) is 0 Å². The topological polar surface area (TPSA) is 91.0 Å². The Morgan fingerprint density at radius 1 is 1.73 bits per heavy atom. The van der Waals surface area contributed by atoms with Crippen LogP contribution < -0.4 is 5.73 Å². The van der Waals surface area contributed by atoms with Crippen molar-refractivity contribution >= 4 is 18.3 Å². The van der Waals surface area contributed by atoms with Crippen LogP contribution in [0.25, 0.3) is 0 Å². The minimum Gasteiger partial charge on any atom is -0.460 e. The molecule has 0 aliphatic carbocycles. The van der Waals surface area contributed by atoms with E-state index in [1.807, 2.05) is 0 Å². The fourth-order valence-electron chi connectivity index (χ4n) is 0.321. The van der Waals surface area contributed by atoms with E-state index in [1.54, 1.807) is 6.92 Å². The van der Waals surface area contributed by atoms with Crippen LogP contribution in [0, 0.1) is 0 Å². The van der Waals surface area contributed by atoms with Crippen LogP contribution in [0.4, 0.5) is 0 Å². The van der Waals surface area contributed by atoms with Gasteiger partial charge in [0, 0.05) is 0 Å². The first-order valence-electron chi connectivity index (χ1n) is 2.82. The number of hydrogen-bond acceptors (Lipinski definition) is 5. The Balaban J connectivity index is 3.89. The number of carbonyl (C=O) groups excluding carboxylic acids is 2. The van der Waals surface area contributed by atoms with Gasteiger partial charge in [-0.1, -0.05) is 5.16 Å². The van der Waals surface area contributed by atoms with Crippen LogP contribution in [-0.4, -0.2) is 24.9 Å². The Morgan fingerprint density at radius 3 is 2.82 bits per heavy atom. The second-order valence-electron chi connectivity index (χ2n) is 1.40. The summed E-state index contributed by atoms with van der Waals surface area (Å²) in [5.41, 5.74) is 4.98. The van der Waals surface area contributed by atoms with E-state index in [9.17, 15) is 9.59 Å². The summed E-state index contributed by atoms with van der Waals surface area (Å²) in [7, 11) is 0. The second kappa shape index (κ2) is 5.21. The SMILES string of the molecule is CCOC(=O)/C(N)=N/OC=O. The molecule has 0 saturated carbocycles. The largest absolute Gasteiger partial charge is 0.460 e. The zero-order valence-electron chi connectivity index (χ0n) is 5.94. The van der Waals surface area contributed by atoms with Gasteiger partial charge < -0.3 is 15.3 Å². The van der Waals surface area contributed by atoms with Crippen molar-refractivity contribution in [2.75, 3.05) is 6.61 Å². The molecule has 0 fully saturated rings. The lowest BCUT2D eigenvalue weighted by molar-refractivity contribution is -0.135. The van der Waals surface area contributed by atoms with Crippen molar-refractivity contribution in [1.29, 1.82) is 0 Å². The van der Waals surface area contributed by atoms with E-state index in [0.717, 1.165) is 0 Å². The van der Waals surface area contributed by atoms with E-state index in [2.05, 4.69) is 14.7 Å². The molecule has 0 heterocycles. The molecule has 0 unspecified atom stereocenters. The molecule has 0 aliphatic heterocycles. The Bertz CT molecular complexity index is 177. The van der Waals surface area contributed by atoms with E-state index in [1.165, 1.54) is 0 Å². The first-order valence-corrected chi connectivity index (χ1v) is 2.82. The van der Waals surface area contributed by atoms with Crippen molar-refractivity contribution < 1.29 is 19.2 Å². The molecular weight excluding hydrogens is 152 g/mol. The molecule has 0 spiro atoms. The first kappa shape index (κ1) is 9.41. The van der Waals surface area contributed by atoms with Crippen molar-refractivity contribution in [3.8, 4) is 0 Å². The minimum absolute atomic E-state index is 0.0477. The average Bonchev–Trinajstić information content (AvgIpc) is 2.00.